The van der Waals surface area contributed by atoms with Crippen molar-refractivity contribution in [3.8, 4) is 23.0 Å². The minimum absolute atomic E-state index is 0.0622. The van der Waals surface area contributed by atoms with Crippen LogP contribution in [-0.2, 0) is 5.67 Å². The third-order valence-corrected chi connectivity index (χ3v) is 4.69. The normalized spacial score (nSPS) is 11.6. The Kier molecular flexibility index (Phi) is 7.46. The lowest BCUT2D eigenvalue weighted by Gasteiger charge is -2.18. The Morgan fingerprint density at radius 3 is 2.28 bits per heavy atom. The van der Waals surface area contributed by atoms with E-state index in [1.807, 2.05) is 0 Å². The lowest BCUT2D eigenvalue weighted by atomic mass is 10.0. The van der Waals surface area contributed by atoms with E-state index in [2.05, 4.69) is 20.0 Å². The topological polar surface area (TPSA) is 99.6 Å². The number of aromatic nitrogens is 2. The molecule has 0 bridgehead atoms. The van der Waals surface area contributed by atoms with E-state index in [1.165, 1.54) is 52.3 Å². The first kappa shape index (κ1) is 26.4. The molecule has 0 aliphatic heterocycles. The molecule has 8 nitrogen and oxygen atoms in total. The Labute approximate surface area is 203 Å². The van der Waals surface area contributed by atoms with Crippen LogP contribution in [0.15, 0.2) is 48.8 Å². The Morgan fingerprint density at radius 2 is 1.67 bits per heavy atom. The molecule has 3 rings (SSSR count). The number of ether oxygens (including phenoxy) is 3. The summed E-state index contributed by atoms with van der Waals surface area (Å²) in [5.41, 5.74) is -1.70. The number of ketones is 1. The number of halogens is 4. The van der Waals surface area contributed by atoms with Gasteiger partial charge in [0, 0.05) is 37.1 Å². The maximum Gasteiger partial charge on any atom is 0.573 e. The summed E-state index contributed by atoms with van der Waals surface area (Å²) in [7, 11) is 1.20. The van der Waals surface area contributed by atoms with Gasteiger partial charge < -0.3 is 19.5 Å². The number of methoxy groups -OCH3 is 1. The van der Waals surface area contributed by atoms with Crippen LogP contribution in [0.3, 0.4) is 0 Å². The van der Waals surface area contributed by atoms with Crippen molar-refractivity contribution in [1.82, 2.24) is 9.97 Å². The highest BCUT2D eigenvalue weighted by atomic mass is 19.4. The van der Waals surface area contributed by atoms with Crippen LogP contribution in [0.5, 0.6) is 23.0 Å². The molecule has 0 fully saturated rings. The van der Waals surface area contributed by atoms with Crippen LogP contribution in [0.4, 0.5) is 23.2 Å². The van der Waals surface area contributed by atoms with Gasteiger partial charge in [0.1, 0.15) is 28.4 Å². The molecule has 190 valence electrons. The summed E-state index contributed by atoms with van der Waals surface area (Å²) in [4.78, 5) is 32.5. The molecule has 1 N–H and O–H groups in total. The number of anilines is 1. The van der Waals surface area contributed by atoms with Crippen LogP contribution in [0.2, 0.25) is 0 Å². The fourth-order valence-corrected chi connectivity index (χ4v) is 2.96. The molecule has 0 saturated heterocycles. The minimum atomic E-state index is -4.92. The number of hydrogen-bond donors (Lipinski definition) is 1. The van der Waals surface area contributed by atoms with Gasteiger partial charge in [-0.1, -0.05) is 0 Å². The van der Waals surface area contributed by atoms with Gasteiger partial charge in [-0.2, -0.15) is 0 Å². The summed E-state index contributed by atoms with van der Waals surface area (Å²) in [5, 5.41) is 2.58. The summed E-state index contributed by atoms with van der Waals surface area (Å²) < 4.78 is 67.0. The van der Waals surface area contributed by atoms with Crippen molar-refractivity contribution in [3.63, 3.8) is 0 Å². The van der Waals surface area contributed by atoms with Crippen molar-refractivity contribution < 1.29 is 41.4 Å². The zero-order chi connectivity index (χ0) is 26.7. The van der Waals surface area contributed by atoms with E-state index >= 15 is 0 Å². The number of hydrogen-bond acceptors (Lipinski definition) is 7. The number of alkyl halides is 4. The van der Waals surface area contributed by atoms with Crippen molar-refractivity contribution >= 4 is 17.4 Å². The standard InChI is InChI=1S/C24H21F4N3O5/c1-13(32)17-9-14(7-8-29-17)31-22(33)16-12-30-21(23(2,3)25)11-19(16)35-18-6-5-15(10-20(18)34-4)36-24(26,27)28/h5-12H,1-4H3,(H,29,31,33). The van der Waals surface area contributed by atoms with E-state index in [0.717, 1.165) is 24.4 Å². The second-order valence-corrected chi connectivity index (χ2v) is 7.94. The van der Waals surface area contributed by atoms with Crippen molar-refractivity contribution in [2.24, 2.45) is 0 Å². The Hall–Kier alpha value is -4.22. The maximum absolute atomic E-state index is 14.6. The van der Waals surface area contributed by atoms with Gasteiger partial charge in [-0.3, -0.25) is 19.6 Å². The molecule has 0 saturated carbocycles. The van der Waals surface area contributed by atoms with Crippen LogP contribution in [0, 0.1) is 0 Å². The summed E-state index contributed by atoms with van der Waals surface area (Å²) in [5.74, 6) is -1.93. The molecule has 0 unspecified atom stereocenters. The predicted octanol–water partition coefficient (Wildman–Crippen LogP) is 5.84. The van der Waals surface area contributed by atoms with Gasteiger partial charge >= 0.3 is 6.36 Å². The summed E-state index contributed by atoms with van der Waals surface area (Å²) in [6.07, 6.45) is -2.48. The molecular formula is C24H21F4N3O5. The number of nitrogens with zero attached hydrogens (tertiary/aromatic N) is 2. The van der Waals surface area contributed by atoms with E-state index < -0.39 is 23.7 Å². The first-order chi connectivity index (χ1) is 16.8. The van der Waals surface area contributed by atoms with Gasteiger partial charge in [-0.15, -0.1) is 13.2 Å². The molecule has 1 aromatic carbocycles. The molecular weight excluding hydrogens is 486 g/mol. The number of pyridine rings is 2. The number of nitrogens with one attached hydrogen (secondary N) is 1. The second-order valence-electron chi connectivity index (χ2n) is 7.94. The van der Waals surface area contributed by atoms with Crippen LogP contribution in [0.1, 0.15) is 47.3 Å². The van der Waals surface area contributed by atoms with Gasteiger partial charge in [0.25, 0.3) is 5.91 Å². The molecule has 0 spiro atoms. The lowest BCUT2D eigenvalue weighted by Crippen LogP contribution is -2.17. The molecule has 12 heteroatoms. The fourth-order valence-electron chi connectivity index (χ4n) is 2.96. The van der Waals surface area contributed by atoms with Crippen LogP contribution >= 0.6 is 0 Å². The van der Waals surface area contributed by atoms with Crippen LogP contribution < -0.4 is 19.5 Å². The first-order valence-corrected chi connectivity index (χ1v) is 10.4. The quantitative estimate of drug-likeness (QED) is 0.302. The number of carbonyl (C=O) groups excluding carboxylic acids is 2. The second kappa shape index (κ2) is 10.2. The molecule has 1 amide bonds. The highest BCUT2D eigenvalue weighted by molar-refractivity contribution is 6.06. The number of benzene rings is 1. The number of amides is 1. The van der Waals surface area contributed by atoms with E-state index in [4.69, 9.17) is 9.47 Å². The minimum Gasteiger partial charge on any atom is -0.493 e. The summed E-state index contributed by atoms with van der Waals surface area (Å²) in [6, 6.07) is 7.11. The first-order valence-electron chi connectivity index (χ1n) is 10.4. The van der Waals surface area contributed by atoms with Crippen molar-refractivity contribution in [2.45, 2.75) is 32.8 Å². The highest BCUT2D eigenvalue weighted by Gasteiger charge is 2.31. The Balaban J connectivity index is 1.99. The van der Waals surface area contributed by atoms with Crippen molar-refractivity contribution in [2.75, 3.05) is 12.4 Å². The van der Waals surface area contributed by atoms with E-state index in [0.29, 0.717) is 0 Å². The monoisotopic (exact) mass is 507 g/mol. The van der Waals surface area contributed by atoms with E-state index in [-0.39, 0.29) is 45.7 Å². The van der Waals surface area contributed by atoms with Gasteiger partial charge in [0.15, 0.2) is 17.3 Å². The Morgan fingerprint density at radius 1 is 0.944 bits per heavy atom. The fraction of sp³-hybridized carbons (Fsp3) is 0.250. The number of carbonyl (C=O) groups is 2. The highest BCUT2D eigenvalue weighted by Crippen LogP contribution is 2.38. The van der Waals surface area contributed by atoms with Gasteiger partial charge in [0.2, 0.25) is 0 Å². The third kappa shape index (κ3) is 6.68. The van der Waals surface area contributed by atoms with Gasteiger partial charge in [-0.25, -0.2) is 4.39 Å². The van der Waals surface area contributed by atoms with Crippen LogP contribution in [0.25, 0.3) is 0 Å². The van der Waals surface area contributed by atoms with Gasteiger partial charge in [0.05, 0.1) is 12.8 Å². The largest absolute Gasteiger partial charge is 0.573 e. The van der Waals surface area contributed by atoms with E-state index in [1.54, 1.807) is 0 Å². The number of rotatable bonds is 8. The molecule has 3 aromatic rings. The third-order valence-electron chi connectivity index (χ3n) is 4.69. The average molecular weight is 507 g/mol. The molecule has 0 aliphatic rings. The van der Waals surface area contributed by atoms with Gasteiger partial charge in [-0.05, 0) is 38.1 Å². The predicted molar refractivity (Wildman–Crippen MR) is 120 cm³/mol. The summed E-state index contributed by atoms with van der Waals surface area (Å²) >= 11 is 0. The smallest absolute Gasteiger partial charge is 0.493 e. The lowest BCUT2D eigenvalue weighted by molar-refractivity contribution is -0.274. The van der Waals surface area contributed by atoms with Crippen molar-refractivity contribution in [1.29, 1.82) is 0 Å². The molecule has 0 radical (unpaired) electrons. The van der Waals surface area contributed by atoms with Crippen molar-refractivity contribution in [3.05, 3.63) is 65.7 Å². The molecule has 36 heavy (non-hydrogen) atoms. The van der Waals surface area contributed by atoms with E-state index in [9.17, 15) is 27.2 Å². The van der Waals surface area contributed by atoms with Crippen LogP contribution in [-0.4, -0.2) is 35.1 Å². The molecule has 0 atom stereocenters. The Bertz CT molecular complexity index is 1290. The SMILES string of the molecule is COc1cc(OC(F)(F)F)ccc1Oc1cc(C(C)(C)F)ncc1C(=O)Nc1ccnc(C(C)=O)c1. The number of Topliss-reactive ketones (excluding diaryl/α,β-unsaturated/α-hetero) is 1. The molecule has 0 aliphatic carbocycles. The maximum atomic E-state index is 14.6. The average Bonchev–Trinajstić information content (AvgIpc) is 2.78. The zero-order valence-electron chi connectivity index (χ0n) is 19.6. The molecule has 2 heterocycles. The zero-order valence-corrected chi connectivity index (χ0v) is 19.6. The molecule has 2 aromatic heterocycles. The summed E-state index contributed by atoms with van der Waals surface area (Å²) in [6.45, 7) is 3.82.